The fourth-order valence-corrected chi connectivity index (χ4v) is 3.38. The van der Waals surface area contributed by atoms with Gasteiger partial charge in [0.05, 0.1) is 14.2 Å². The second kappa shape index (κ2) is 8.20. The monoisotopic (exact) mass is 371 g/mol. The first-order valence-electron chi connectivity index (χ1n) is 8.84. The smallest absolute Gasteiger partial charge is 0.254 e. The lowest BCUT2D eigenvalue weighted by molar-refractivity contribution is 0.0636. The predicted molar refractivity (Wildman–Crippen MR) is 98.9 cm³/mol. The second-order valence-electron chi connectivity index (χ2n) is 6.53. The number of Topliss-reactive ketones (excluding diaryl/α,β-unsaturated/α-hetero) is 1. The van der Waals surface area contributed by atoms with Crippen molar-refractivity contribution >= 4 is 11.7 Å². The van der Waals surface area contributed by atoms with E-state index in [1.807, 2.05) is 0 Å². The lowest BCUT2D eigenvalue weighted by Gasteiger charge is -2.32. The van der Waals surface area contributed by atoms with Crippen LogP contribution in [-0.2, 0) is 0 Å². The molecule has 0 spiro atoms. The average molecular weight is 371 g/mol. The molecular weight excluding hydrogens is 349 g/mol. The van der Waals surface area contributed by atoms with Gasteiger partial charge in [0.25, 0.3) is 5.91 Å². The first-order valence-corrected chi connectivity index (χ1v) is 8.84. The van der Waals surface area contributed by atoms with Gasteiger partial charge in [-0.2, -0.15) is 0 Å². The zero-order valence-corrected chi connectivity index (χ0v) is 15.4. The maximum Gasteiger partial charge on any atom is 0.254 e. The van der Waals surface area contributed by atoms with Crippen LogP contribution in [-0.4, -0.2) is 43.9 Å². The van der Waals surface area contributed by atoms with Gasteiger partial charge in [-0.3, -0.25) is 9.59 Å². The number of ketones is 1. The van der Waals surface area contributed by atoms with E-state index in [4.69, 9.17) is 9.47 Å². The van der Waals surface area contributed by atoms with Crippen molar-refractivity contribution in [3.63, 3.8) is 0 Å². The zero-order chi connectivity index (χ0) is 19.4. The molecule has 1 saturated heterocycles. The molecule has 2 aromatic rings. The standard InChI is InChI=1S/C21H22FNO4/c1-26-18-10-7-15(12-19(18)27-2)21(25)23-11-3-4-16(13-23)20(24)14-5-8-17(22)9-6-14/h5-10,12,16H,3-4,11,13H2,1-2H3. The lowest BCUT2D eigenvalue weighted by Crippen LogP contribution is -2.42. The number of nitrogens with zero attached hydrogens (tertiary/aromatic N) is 1. The van der Waals surface area contributed by atoms with Crippen LogP contribution in [0.15, 0.2) is 42.5 Å². The molecule has 0 radical (unpaired) electrons. The molecule has 1 unspecified atom stereocenters. The molecule has 3 rings (SSSR count). The van der Waals surface area contributed by atoms with Crippen molar-refractivity contribution in [3.05, 3.63) is 59.4 Å². The van der Waals surface area contributed by atoms with Crippen molar-refractivity contribution in [2.45, 2.75) is 12.8 Å². The average Bonchev–Trinajstić information content (AvgIpc) is 2.72. The molecule has 27 heavy (non-hydrogen) atoms. The third kappa shape index (κ3) is 4.10. The normalized spacial score (nSPS) is 16.7. The predicted octanol–water partition coefficient (Wildman–Crippen LogP) is 3.58. The number of hydrogen-bond acceptors (Lipinski definition) is 4. The summed E-state index contributed by atoms with van der Waals surface area (Å²) in [4.78, 5) is 27.3. The minimum atomic E-state index is -0.375. The number of amides is 1. The Kier molecular flexibility index (Phi) is 5.74. The molecule has 0 N–H and O–H groups in total. The molecular formula is C21H22FNO4. The van der Waals surface area contributed by atoms with Crippen molar-refractivity contribution in [1.82, 2.24) is 4.90 Å². The molecule has 0 saturated carbocycles. The van der Waals surface area contributed by atoms with E-state index in [-0.39, 0.29) is 23.4 Å². The molecule has 1 aliphatic rings. The number of piperidine rings is 1. The maximum atomic E-state index is 13.1. The van der Waals surface area contributed by atoms with Crippen LogP contribution in [0.2, 0.25) is 0 Å². The number of halogens is 1. The zero-order valence-electron chi connectivity index (χ0n) is 15.4. The second-order valence-corrected chi connectivity index (χ2v) is 6.53. The van der Waals surface area contributed by atoms with E-state index in [9.17, 15) is 14.0 Å². The number of methoxy groups -OCH3 is 2. The summed E-state index contributed by atoms with van der Waals surface area (Å²) in [7, 11) is 3.06. The van der Waals surface area contributed by atoms with Crippen LogP contribution in [0, 0.1) is 11.7 Å². The van der Waals surface area contributed by atoms with Crippen molar-refractivity contribution in [2.24, 2.45) is 5.92 Å². The third-order valence-corrected chi connectivity index (χ3v) is 4.84. The quantitative estimate of drug-likeness (QED) is 0.754. The molecule has 1 fully saturated rings. The highest BCUT2D eigenvalue weighted by molar-refractivity contribution is 5.99. The molecule has 6 heteroatoms. The van der Waals surface area contributed by atoms with Gasteiger partial charge < -0.3 is 14.4 Å². The Morgan fingerprint density at radius 1 is 1.00 bits per heavy atom. The fourth-order valence-electron chi connectivity index (χ4n) is 3.38. The summed E-state index contributed by atoms with van der Waals surface area (Å²) in [6.45, 7) is 0.948. The highest BCUT2D eigenvalue weighted by Crippen LogP contribution is 2.29. The third-order valence-electron chi connectivity index (χ3n) is 4.84. The van der Waals surface area contributed by atoms with E-state index in [2.05, 4.69) is 0 Å². The SMILES string of the molecule is COc1ccc(C(=O)N2CCCC(C(=O)c3ccc(F)cc3)C2)cc1OC. The number of carbonyl (C=O) groups excluding carboxylic acids is 2. The van der Waals surface area contributed by atoms with Gasteiger partial charge in [-0.1, -0.05) is 0 Å². The van der Waals surface area contributed by atoms with E-state index in [0.29, 0.717) is 42.1 Å². The molecule has 0 aliphatic carbocycles. The van der Waals surface area contributed by atoms with Gasteiger partial charge in [-0.25, -0.2) is 4.39 Å². The van der Waals surface area contributed by atoms with E-state index in [1.54, 1.807) is 23.1 Å². The van der Waals surface area contributed by atoms with Gasteiger partial charge in [0.15, 0.2) is 17.3 Å². The molecule has 5 nitrogen and oxygen atoms in total. The highest BCUT2D eigenvalue weighted by atomic mass is 19.1. The maximum absolute atomic E-state index is 13.1. The number of likely N-dealkylation sites (tertiary alicyclic amines) is 1. The molecule has 1 aliphatic heterocycles. The summed E-state index contributed by atoms with van der Waals surface area (Å²) in [5.74, 6) is 0.178. The number of ether oxygens (including phenoxy) is 2. The molecule has 0 aromatic heterocycles. The first kappa shape index (κ1) is 18.9. The fraction of sp³-hybridized carbons (Fsp3) is 0.333. The van der Waals surface area contributed by atoms with Gasteiger partial charge in [-0.05, 0) is 55.3 Å². The lowest BCUT2D eigenvalue weighted by atomic mass is 9.89. The Morgan fingerprint density at radius 2 is 1.67 bits per heavy atom. The van der Waals surface area contributed by atoms with E-state index < -0.39 is 0 Å². The van der Waals surface area contributed by atoms with Crippen LogP contribution in [0.5, 0.6) is 11.5 Å². The van der Waals surface area contributed by atoms with Gasteiger partial charge in [0.2, 0.25) is 0 Å². The number of rotatable bonds is 5. The Balaban J connectivity index is 1.74. The van der Waals surface area contributed by atoms with Crippen LogP contribution in [0.25, 0.3) is 0 Å². The van der Waals surface area contributed by atoms with Gasteiger partial charge in [0, 0.05) is 30.1 Å². The minimum absolute atomic E-state index is 0.0557. The molecule has 2 aromatic carbocycles. The molecule has 1 heterocycles. The van der Waals surface area contributed by atoms with Crippen LogP contribution >= 0.6 is 0 Å². The summed E-state index contributed by atoms with van der Waals surface area (Å²) in [6.07, 6.45) is 1.46. The molecule has 1 atom stereocenters. The number of benzene rings is 2. The van der Waals surface area contributed by atoms with Crippen molar-refractivity contribution in [2.75, 3.05) is 27.3 Å². The number of carbonyl (C=O) groups is 2. The van der Waals surface area contributed by atoms with Crippen LogP contribution < -0.4 is 9.47 Å². The molecule has 142 valence electrons. The largest absolute Gasteiger partial charge is 0.493 e. The summed E-state index contributed by atoms with van der Waals surface area (Å²) in [5, 5.41) is 0. The Labute approximate surface area is 157 Å². The number of hydrogen-bond donors (Lipinski definition) is 0. The first-order chi connectivity index (χ1) is 13.0. The Hall–Kier alpha value is -2.89. The Morgan fingerprint density at radius 3 is 2.33 bits per heavy atom. The van der Waals surface area contributed by atoms with Crippen LogP contribution in [0.4, 0.5) is 4.39 Å². The topological polar surface area (TPSA) is 55.8 Å². The van der Waals surface area contributed by atoms with E-state index in [1.165, 1.54) is 38.5 Å². The molecule has 1 amide bonds. The highest BCUT2D eigenvalue weighted by Gasteiger charge is 2.29. The van der Waals surface area contributed by atoms with Crippen molar-refractivity contribution < 1.29 is 23.5 Å². The van der Waals surface area contributed by atoms with Crippen LogP contribution in [0.1, 0.15) is 33.6 Å². The molecule has 0 bridgehead atoms. The van der Waals surface area contributed by atoms with Gasteiger partial charge in [-0.15, -0.1) is 0 Å². The summed E-state index contributed by atoms with van der Waals surface area (Å²) in [5.41, 5.74) is 0.962. The summed E-state index contributed by atoms with van der Waals surface area (Å²) in [6, 6.07) is 10.6. The summed E-state index contributed by atoms with van der Waals surface area (Å²) < 4.78 is 23.5. The summed E-state index contributed by atoms with van der Waals surface area (Å²) >= 11 is 0. The van der Waals surface area contributed by atoms with E-state index in [0.717, 1.165) is 6.42 Å². The van der Waals surface area contributed by atoms with Gasteiger partial charge in [0.1, 0.15) is 5.82 Å². The van der Waals surface area contributed by atoms with Crippen LogP contribution in [0.3, 0.4) is 0 Å². The van der Waals surface area contributed by atoms with Crippen molar-refractivity contribution in [1.29, 1.82) is 0 Å². The van der Waals surface area contributed by atoms with E-state index >= 15 is 0 Å². The Bertz CT molecular complexity index is 835. The van der Waals surface area contributed by atoms with Crippen molar-refractivity contribution in [3.8, 4) is 11.5 Å². The van der Waals surface area contributed by atoms with Gasteiger partial charge >= 0.3 is 0 Å². The minimum Gasteiger partial charge on any atom is -0.493 e.